The smallest absolute Gasteiger partial charge is 0.244 e. The van der Waals surface area contributed by atoms with Crippen LogP contribution in [0.25, 0.3) is 0 Å². The highest BCUT2D eigenvalue weighted by atomic mass is 32.2. The standard InChI is InChI=1S/C18H28N2O3S/c1-11-12(2)14(4)17(15(5)13(11)3)24(22,23)20-10-8-9-16(20)18(21)19(6)7/h16H,8-10H2,1-7H3/t16-/m0/s1. The van der Waals surface area contributed by atoms with Crippen molar-refractivity contribution in [3.8, 4) is 0 Å². The van der Waals surface area contributed by atoms with Gasteiger partial charge in [-0.05, 0) is 75.3 Å². The van der Waals surface area contributed by atoms with Gasteiger partial charge in [-0.15, -0.1) is 0 Å². The minimum Gasteiger partial charge on any atom is -0.347 e. The van der Waals surface area contributed by atoms with E-state index in [9.17, 15) is 13.2 Å². The molecule has 0 bridgehead atoms. The van der Waals surface area contributed by atoms with Crippen LogP contribution < -0.4 is 0 Å². The average molecular weight is 353 g/mol. The minimum absolute atomic E-state index is 0.146. The first kappa shape index (κ1) is 18.9. The van der Waals surface area contributed by atoms with Crippen molar-refractivity contribution >= 4 is 15.9 Å². The van der Waals surface area contributed by atoms with Crippen LogP contribution in [0.3, 0.4) is 0 Å². The van der Waals surface area contributed by atoms with Crippen molar-refractivity contribution in [3.63, 3.8) is 0 Å². The molecular weight excluding hydrogens is 324 g/mol. The average Bonchev–Trinajstić information content (AvgIpc) is 3.00. The molecule has 1 heterocycles. The highest BCUT2D eigenvalue weighted by Crippen LogP contribution is 2.34. The third-order valence-corrected chi connectivity index (χ3v) is 7.61. The predicted octanol–water partition coefficient (Wildman–Crippen LogP) is 2.47. The molecule has 1 aliphatic rings. The van der Waals surface area contributed by atoms with E-state index >= 15 is 0 Å². The molecule has 2 rings (SSSR count). The fraction of sp³-hybridized carbons (Fsp3) is 0.611. The molecule has 5 nitrogen and oxygen atoms in total. The summed E-state index contributed by atoms with van der Waals surface area (Å²) in [5, 5.41) is 0. The first-order valence-electron chi connectivity index (χ1n) is 8.31. The van der Waals surface area contributed by atoms with Gasteiger partial charge in [0.15, 0.2) is 0 Å². The predicted molar refractivity (Wildman–Crippen MR) is 95.7 cm³/mol. The summed E-state index contributed by atoms with van der Waals surface area (Å²) in [6.45, 7) is 10.1. The molecule has 0 radical (unpaired) electrons. The van der Waals surface area contributed by atoms with Crippen LogP contribution in [0.5, 0.6) is 0 Å². The Hall–Kier alpha value is -1.40. The number of carbonyl (C=O) groups excluding carboxylic acids is 1. The van der Waals surface area contributed by atoms with Gasteiger partial charge in [0.25, 0.3) is 0 Å². The van der Waals surface area contributed by atoms with E-state index in [1.54, 1.807) is 14.1 Å². The third-order valence-electron chi connectivity index (χ3n) is 5.43. The van der Waals surface area contributed by atoms with Crippen LogP contribution in [0.4, 0.5) is 0 Å². The van der Waals surface area contributed by atoms with Gasteiger partial charge >= 0.3 is 0 Å². The summed E-state index contributed by atoms with van der Waals surface area (Å²) >= 11 is 0. The molecule has 0 unspecified atom stereocenters. The number of rotatable bonds is 3. The summed E-state index contributed by atoms with van der Waals surface area (Å²) in [6, 6.07) is -0.592. The zero-order chi connectivity index (χ0) is 18.4. The van der Waals surface area contributed by atoms with Crippen LogP contribution in [0.1, 0.15) is 40.7 Å². The number of likely N-dealkylation sites (N-methyl/N-ethyl adjacent to an activating group) is 1. The van der Waals surface area contributed by atoms with E-state index in [0.717, 1.165) is 27.8 Å². The molecule has 1 aromatic rings. The summed E-state index contributed by atoms with van der Waals surface area (Å²) in [5.74, 6) is -0.146. The summed E-state index contributed by atoms with van der Waals surface area (Å²) in [5.41, 5.74) is 4.72. The van der Waals surface area contributed by atoms with Crippen molar-refractivity contribution in [2.75, 3.05) is 20.6 Å². The Bertz CT molecular complexity index is 753. The Morgan fingerprint density at radius 3 is 1.88 bits per heavy atom. The van der Waals surface area contributed by atoms with E-state index in [4.69, 9.17) is 0 Å². The maximum atomic E-state index is 13.4. The van der Waals surface area contributed by atoms with Crippen LogP contribution in [-0.4, -0.2) is 50.2 Å². The van der Waals surface area contributed by atoms with Gasteiger partial charge in [-0.2, -0.15) is 4.31 Å². The molecular formula is C18H28N2O3S. The van der Waals surface area contributed by atoms with Gasteiger partial charge in [0.2, 0.25) is 15.9 Å². The Labute approximate surface area is 145 Å². The van der Waals surface area contributed by atoms with Crippen molar-refractivity contribution in [3.05, 3.63) is 27.8 Å². The second-order valence-electron chi connectivity index (χ2n) is 6.96. The normalized spacial score (nSPS) is 18.9. The van der Waals surface area contributed by atoms with Crippen LogP contribution >= 0.6 is 0 Å². The fourth-order valence-corrected chi connectivity index (χ4v) is 5.76. The van der Waals surface area contributed by atoms with E-state index < -0.39 is 16.1 Å². The number of carbonyl (C=O) groups is 1. The van der Waals surface area contributed by atoms with Gasteiger partial charge in [-0.25, -0.2) is 8.42 Å². The largest absolute Gasteiger partial charge is 0.347 e. The molecule has 6 heteroatoms. The van der Waals surface area contributed by atoms with Gasteiger partial charge in [0.05, 0.1) is 4.90 Å². The molecule has 1 saturated heterocycles. The zero-order valence-electron chi connectivity index (χ0n) is 15.7. The minimum atomic E-state index is -3.70. The second-order valence-corrected chi connectivity index (χ2v) is 8.79. The van der Waals surface area contributed by atoms with Crippen LogP contribution in [0, 0.1) is 34.6 Å². The highest BCUT2D eigenvalue weighted by molar-refractivity contribution is 7.89. The van der Waals surface area contributed by atoms with Gasteiger partial charge in [-0.1, -0.05) is 0 Å². The summed E-state index contributed by atoms with van der Waals surface area (Å²) in [6.07, 6.45) is 1.30. The Morgan fingerprint density at radius 2 is 1.42 bits per heavy atom. The SMILES string of the molecule is Cc1c(C)c(C)c(S(=O)(=O)N2CCC[C@H]2C(=O)N(C)C)c(C)c1C. The molecule has 1 atom stereocenters. The third kappa shape index (κ3) is 2.86. The van der Waals surface area contributed by atoms with Crippen molar-refractivity contribution < 1.29 is 13.2 Å². The van der Waals surface area contributed by atoms with Crippen molar-refractivity contribution in [1.29, 1.82) is 0 Å². The number of benzene rings is 1. The summed E-state index contributed by atoms with van der Waals surface area (Å²) in [4.78, 5) is 14.3. The van der Waals surface area contributed by atoms with Gasteiger partial charge in [-0.3, -0.25) is 4.79 Å². The fourth-order valence-electron chi connectivity index (χ4n) is 3.54. The molecule has 0 N–H and O–H groups in total. The maximum absolute atomic E-state index is 13.4. The lowest BCUT2D eigenvalue weighted by atomic mass is 9.95. The van der Waals surface area contributed by atoms with Gasteiger partial charge in [0, 0.05) is 20.6 Å². The number of amides is 1. The Balaban J connectivity index is 2.62. The lowest BCUT2D eigenvalue weighted by Gasteiger charge is -2.28. The lowest BCUT2D eigenvalue weighted by molar-refractivity contribution is -0.132. The maximum Gasteiger partial charge on any atom is 0.244 e. The number of hydrogen-bond donors (Lipinski definition) is 0. The number of nitrogens with zero attached hydrogens (tertiary/aromatic N) is 2. The molecule has 0 spiro atoms. The van der Waals surface area contributed by atoms with Crippen LogP contribution in [-0.2, 0) is 14.8 Å². The highest BCUT2D eigenvalue weighted by Gasteiger charge is 2.41. The van der Waals surface area contributed by atoms with Crippen molar-refractivity contribution in [1.82, 2.24) is 9.21 Å². The Morgan fingerprint density at radius 1 is 0.958 bits per heavy atom. The zero-order valence-corrected chi connectivity index (χ0v) is 16.5. The topological polar surface area (TPSA) is 57.7 Å². The first-order valence-corrected chi connectivity index (χ1v) is 9.75. The first-order chi connectivity index (χ1) is 11.0. The quantitative estimate of drug-likeness (QED) is 0.840. The van der Waals surface area contributed by atoms with Crippen LogP contribution in [0.2, 0.25) is 0 Å². The summed E-state index contributed by atoms with van der Waals surface area (Å²) < 4.78 is 28.2. The monoisotopic (exact) mass is 352 g/mol. The molecule has 24 heavy (non-hydrogen) atoms. The van der Waals surface area contributed by atoms with E-state index in [2.05, 4.69) is 0 Å². The number of hydrogen-bond acceptors (Lipinski definition) is 3. The van der Waals surface area contributed by atoms with Gasteiger partial charge in [0.1, 0.15) is 6.04 Å². The van der Waals surface area contributed by atoms with E-state index in [1.165, 1.54) is 9.21 Å². The molecule has 1 amide bonds. The molecule has 0 aliphatic carbocycles. The van der Waals surface area contributed by atoms with Gasteiger partial charge < -0.3 is 4.90 Å². The van der Waals surface area contributed by atoms with E-state index in [0.29, 0.717) is 24.3 Å². The van der Waals surface area contributed by atoms with Crippen molar-refractivity contribution in [2.45, 2.75) is 58.4 Å². The lowest BCUT2D eigenvalue weighted by Crippen LogP contribution is -2.45. The number of sulfonamides is 1. The molecule has 1 aliphatic heterocycles. The van der Waals surface area contributed by atoms with E-state index in [1.807, 2.05) is 34.6 Å². The van der Waals surface area contributed by atoms with E-state index in [-0.39, 0.29) is 5.91 Å². The second kappa shape index (κ2) is 6.48. The molecule has 0 saturated carbocycles. The molecule has 1 fully saturated rings. The molecule has 134 valence electrons. The van der Waals surface area contributed by atoms with Crippen LogP contribution in [0.15, 0.2) is 4.90 Å². The molecule has 0 aromatic heterocycles. The summed E-state index contributed by atoms with van der Waals surface area (Å²) in [7, 11) is -0.366. The van der Waals surface area contributed by atoms with Crippen molar-refractivity contribution in [2.24, 2.45) is 0 Å². The molecule has 1 aromatic carbocycles. The Kier molecular flexibility index (Phi) is 5.11.